The van der Waals surface area contributed by atoms with E-state index in [2.05, 4.69) is 18.8 Å². The van der Waals surface area contributed by atoms with Crippen LogP contribution in [0.2, 0.25) is 0 Å². The molecule has 0 radical (unpaired) electrons. The Morgan fingerprint density at radius 2 is 2.12 bits per heavy atom. The summed E-state index contributed by atoms with van der Waals surface area (Å²) in [4.78, 5) is 15.2. The first-order valence-corrected chi connectivity index (χ1v) is 5.92. The fourth-order valence-corrected chi connectivity index (χ4v) is 2.05. The van der Waals surface area contributed by atoms with E-state index in [0.29, 0.717) is 18.1 Å². The minimum Gasteiger partial charge on any atom is -0.462 e. The van der Waals surface area contributed by atoms with Gasteiger partial charge in [0.2, 0.25) is 0 Å². The Kier molecular flexibility index (Phi) is 3.18. The molecule has 0 saturated carbocycles. The van der Waals surface area contributed by atoms with Crippen LogP contribution in [0.3, 0.4) is 0 Å². The molecule has 0 saturated heterocycles. The number of rotatable bonds is 3. The fourth-order valence-electron chi connectivity index (χ4n) is 2.05. The number of esters is 1. The molecule has 3 heteroatoms. The van der Waals surface area contributed by atoms with Gasteiger partial charge >= 0.3 is 5.97 Å². The van der Waals surface area contributed by atoms with Gasteiger partial charge in [0.25, 0.3) is 0 Å². The molecule has 90 valence electrons. The lowest BCUT2D eigenvalue weighted by molar-refractivity contribution is 0.0527. The highest BCUT2D eigenvalue weighted by Gasteiger charge is 2.18. The number of aromatic amines is 1. The van der Waals surface area contributed by atoms with Gasteiger partial charge in [-0.05, 0) is 24.5 Å². The number of aromatic nitrogens is 1. The number of H-pyrrole nitrogens is 1. The minimum absolute atomic E-state index is 0.246. The summed E-state index contributed by atoms with van der Waals surface area (Å²) in [5, 5.41) is 1.04. The van der Waals surface area contributed by atoms with Crippen molar-refractivity contribution in [1.82, 2.24) is 4.98 Å². The number of carbonyl (C=O) groups excluding carboxylic acids is 1. The lowest BCUT2D eigenvalue weighted by atomic mass is 9.95. The van der Waals surface area contributed by atoms with Crippen LogP contribution >= 0.6 is 0 Å². The second-order valence-electron chi connectivity index (χ2n) is 4.35. The topological polar surface area (TPSA) is 42.1 Å². The zero-order chi connectivity index (χ0) is 12.4. The van der Waals surface area contributed by atoms with Crippen LogP contribution in [0.4, 0.5) is 0 Å². The molecule has 0 amide bonds. The van der Waals surface area contributed by atoms with E-state index < -0.39 is 0 Å². The van der Waals surface area contributed by atoms with Crippen molar-refractivity contribution in [3.05, 3.63) is 35.5 Å². The van der Waals surface area contributed by atoms with Crippen LogP contribution in [0.15, 0.2) is 24.4 Å². The fraction of sp³-hybridized carbons (Fsp3) is 0.357. The number of hydrogen-bond acceptors (Lipinski definition) is 2. The van der Waals surface area contributed by atoms with Crippen LogP contribution in [0.5, 0.6) is 0 Å². The maximum Gasteiger partial charge on any atom is 0.340 e. The molecule has 17 heavy (non-hydrogen) atoms. The predicted molar refractivity (Wildman–Crippen MR) is 68.3 cm³/mol. The quantitative estimate of drug-likeness (QED) is 0.822. The predicted octanol–water partition coefficient (Wildman–Crippen LogP) is 3.47. The Balaban J connectivity index is 2.65. The third-order valence-corrected chi connectivity index (χ3v) is 2.86. The van der Waals surface area contributed by atoms with Gasteiger partial charge in [-0.25, -0.2) is 4.79 Å². The van der Waals surface area contributed by atoms with Crippen LogP contribution in [-0.2, 0) is 4.74 Å². The summed E-state index contributed by atoms with van der Waals surface area (Å²) in [6, 6.07) is 6.00. The number of nitrogens with one attached hydrogen (secondary N) is 1. The molecule has 2 rings (SSSR count). The van der Waals surface area contributed by atoms with E-state index in [1.54, 1.807) is 0 Å². The Labute approximate surface area is 101 Å². The summed E-state index contributed by atoms with van der Waals surface area (Å²) >= 11 is 0. The maximum absolute atomic E-state index is 12.0. The Hall–Kier alpha value is -1.77. The maximum atomic E-state index is 12.0. The first-order chi connectivity index (χ1) is 8.15. The molecular weight excluding hydrogens is 214 g/mol. The summed E-state index contributed by atoms with van der Waals surface area (Å²) in [6.45, 7) is 6.37. The van der Waals surface area contributed by atoms with Gasteiger partial charge in [-0.15, -0.1) is 0 Å². The van der Waals surface area contributed by atoms with Crippen molar-refractivity contribution in [1.29, 1.82) is 0 Å². The number of fused-ring (bicyclic) bond motifs is 1. The van der Waals surface area contributed by atoms with E-state index in [9.17, 15) is 4.79 Å². The van der Waals surface area contributed by atoms with Crippen molar-refractivity contribution in [2.75, 3.05) is 6.61 Å². The SMILES string of the molecule is CCOC(=O)c1c(C(C)C)ccc2cc[nH]c12. The molecule has 1 N–H and O–H groups in total. The van der Waals surface area contributed by atoms with Gasteiger partial charge in [0, 0.05) is 11.6 Å². The number of carbonyl (C=O) groups is 1. The van der Waals surface area contributed by atoms with Gasteiger partial charge in [0.1, 0.15) is 0 Å². The molecule has 0 unspecified atom stereocenters. The van der Waals surface area contributed by atoms with Crippen LogP contribution in [0.25, 0.3) is 10.9 Å². The lowest BCUT2D eigenvalue weighted by Gasteiger charge is -2.12. The third kappa shape index (κ3) is 2.05. The van der Waals surface area contributed by atoms with Crippen molar-refractivity contribution < 1.29 is 9.53 Å². The number of ether oxygens (including phenoxy) is 1. The van der Waals surface area contributed by atoms with Crippen molar-refractivity contribution in [2.24, 2.45) is 0 Å². The smallest absolute Gasteiger partial charge is 0.340 e. The molecule has 0 spiro atoms. The Morgan fingerprint density at radius 1 is 1.35 bits per heavy atom. The Morgan fingerprint density at radius 3 is 2.76 bits per heavy atom. The van der Waals surface area contributed by atoms with E-state index in [1.807, 2.05) is 31.3 Å². The van der Waals surface area contributed by atoms with Crippen LogP contribution in [-0.4, -0.2) is 17.6 Å². The monoisotopic (exact) mass is 231 g/mol. The second kappa shape index (κ2) is 4.62. The average molecular weight is 231 g/mol. The van der Waals surface area contributed by atoms with E-state index in [4.69, 9.17) is 4.74 Å². The molecule has 0 fully saturated rings. The average Bonchev–Trinajstić information content (AvgIpc) is 2.75. The van der Waals surface area contributed by atoms with E-state index in [-0.39, 0.29) is 5.97 Å². The number of benzene rings is 1. The highest BCUT2D eigenvalue weighted by Crippen LogP contribution is 2.27. The molecule has 2 aromatic rings. The summed E-state index contributed by atoms with van der Waals surface area (Å²) in [6.07, 6.45) is 1.84. The van der Waals surface area contributed by atoms with Gasteiger partial charge in [-0.3, -0.25) is 0 Å². The molecule has 1 aromatic carbocycles. The highest BCUT2D eigenvalue weighted by molar-refractivity contribution is 6.04. The molecule has 3 nitrogen and oxygen atoms in total. The highest BCUT2D eigenvalue weighted by atomic mass is 16.5. The largest absolute Gasteiger partial charge is 0.462 e. The van der Waals surface area contributed by atoms with Crippen molar-refractivity contribution >= 4 is 16.9 Å². The molecule has 0 atom stereocenters. The van der Waals surface area contributed by atoms with Gasteiger partial charge in [-0.1, -0.05) is 26.0 Å². The summed E-state index contributed by atoms with van der Waals surface area (Å²) < 4.78 is 5.14. The van der Waals surface area contributed by atoms with Crippen LogP contribution in [0.1, 0.15) is 42.6 Å². The molecule has 0 aliphatic rings. The zero-order valence-electron chi connectivity index (χ0n) is 10.4. The first kappa shape index (κ1) is 11.7. The van der Waals surface area contributed by atoms with Crippen molar-refractivity contribution in [2.45, 2.75) is 26.7 Å². The molecule has 0 bridgehead atoms. The van der Waals surface area contributed by atoms with E-state index in [0.717, 1.165) is 16.5 Å². The van der Waals surface area contributed by atoms with Crippen molar-refractivity contribution in [3.63, 3.8) is 0 Å². The summed E-state index contributed by atoms with van der Waals surface area (Å²) in [5.41, 5.74) is 2.57. The second-order valence-corrected chi connectivity index (χ2v) is 4.35. The van der Waals surface area contributed by atoms with E-state index >= 15 is 0 Å². The molecule has 1 heterocycles. The number of hydrogen-bond donors (Lipinski definition) is 1. The van der Waals surface area contributed by atoms with Gasteiger partial charge in [-0.2, -0.15) is 0 Å². The molecule has 0 aliphatic carbocycles. The summed E-state index contributed by atoms with van der Waals surface area (Å²) in [7, 11) is 0. The standard InChI is InChI=1S/C14H17NO2/c1-4-17-14(16)12-11(9(2)3)6-5-10-7-8-15-13(10)12/h5-9,15H,4H2,1-3H3. The normalized spacial score (nSPS) is 11.1. The Bertz CT molecular complexity index is 540. The summed E-state index contributed by atoms with van der Waals surface area (Å²) in [5.74, 6) is 0.0476. The van der Waals surface area contributed by atoms with E-state index in [1.165, 1.54) is 0 Å². The van der Waals surface area contributed by atoms with Crippen LogP contribution < -0.4 is 0 Å². The van der Waals surface area contributed by atoms with Gasteiger partial charge < -0.3 is 9.72 Å². The van der Waals surface area contributed by atoms with Gasteiger partial charge in [0.05, 0.1) is 17.7 Å². The molecular formula is C14H17NO2. The molecule has 1 aromatic heterocycles. The minimum atomic E-state index is -0.246. The van der Waals surface area contributed by atoms with Gasteiger partial charge in [0.15, 0.2) is 0 Å². The zero-order valence-corrected chi connectivity index (χ0v) is 10.4. The van der Waals surface area contributed by atoms with Crippen LogP contribution in [0, 0.1) is 0 Å². The first-order valence-electron chi connectivity index (χ1n) is 5.92. The lowest BCUT2D eigenvalue weighted by Crippen LogP contribution is -2.10. The molecule has 0 aliphatic heterocycles. The third-order valence-electron chi connectivity index (χ3n) is 2.86. The van der Waals surface area contributed by atoms with Crippen molar-refractivity contribution in [3.8, 4) is 0 Å².